The lowest BCUT2D eigenvalue weighted by atomic mass is 9.93. The maximum atomic E-state index is 13.8. The van der Waals surface area contributed by atoms with Gasteiger partial charge in [0, 0.05) is 60.8 Å². The minimum absolute atomic E-state index is 0.0444. The number of ether oxygens (including phenoxy) is 1. The number of benzene rings is 1. The Bertz CT molecular complexity index is 1350. The summed E-state index contributed by atoms with van der Waals surface area (Å²) in [6.45, 7) is 1.72. The molecule has 198 valence electrons. The van der Waals surface area contributed by atoms with Crippen LogP contribution in [0.15, 0.2) is 30.5 Å². The summed E-state index contributed by atoms with van der Waals surface area (Å²) in [5.41, 5.74) is 0.427. The molecule has 0 atom stereocenters. The summed E-state index contributed by atoms with van der Waals surface area (Å²) in [4.78, 5) is 9.56. The minimum atomic E-state index is -4.49. The van der Waals surface area contributed by atoms with E-state index in [4.69, 9.17) is 4.74 Å². The number of hydrogen-bond donors (Lipinski definition) is 3. The van der Waals surface area contributed by atoms with Crippen molar-refractivity contribution in [3.8, 4) is 5.75 Å². The second-order valence-corrected chi connectivity index (χ2v) is 13.6. The van der Waals surface area contributed by atoms with Crippen molar-refractivity contribution in [2.45, 2.75) is 50.4 Å². The molecule has 0 radical (unpaired) electrons. The molecular formula is C26H31F3N5O2P. The van der Waals surface area contributed by atoms with E-state index >= 15 is 0 Å². The molecule has 3 aliphatic rings. The number of nitrogens with zero attached hydrogens (tertiary/aromatic N) is 2. The molecule has 3 aromatic rings. The Morgan fingerprint density at radius 3 is 2.49 bits per heavy atom. The average Bonchev–Trinajstić information content (AvgIpc) is 3.59. The Hall–Kier alpha value is -2.71. The van der Waals surface area contributed by atoms with E-state index in [9.17, 15) is 17.7 Å². The van der Waals surface area contributed by atoms with Gasteiger partial charge in [0.2, 0.25) is 0 Å². The van der Waals surface area contributed by atoms with Crippen molar-refractivity contribution in [2.24, 2.45) is 0 Å². The highest BCUT2D eigenvalue weighted by molar-refractivity contribution is 7.71. The largest absolute Gasteiger partial charge is 0.495 e. The number of fused-ring (bicyclic) bond motifs is 1. The lowest BCUT2D eigenvalue weighted by Gasteiger charge is -2.32. The molecule has 37 heavy (non-hydrogen) atoms. The molecule has 7 nitrogen and oxygen atoms in total. The van der Waals surface area contributed by atoms with Crippen LogP contribution in [0.25, 0.3) is 11.0 Å². The van der Waals surface area contributed by atoms with E-state index in [1.807, 2.05) is 18.2 Å². The molecule has 6 rings (SSSR count). The maximum Gasteiger partial charge on any atom is 0.418 e. The molecule has 1 saturated heterocycles. The quantitative estimate of drug-likeness (QED) is 0.335. The number of rotatable bonds is 7. The molecule has 2 aliphatic carbocycles. The monoisotopic (exact) mass is 533 g/mol. The van der Waals surface area contributed by atoms with Crippen molar-refractivity contribution in [2.75, 3.05) is 43.2 Å². The summed E-state index contributed by atoms with van der Waals surface area (Å²) in [5, 5.41) is 7.34. The fourth-order valence-electron chi connectivity index (χ4n) is 5.35. The smallest absolute Gasteiger partial charge is 0.418 e. The first kappa shape index (κ1) is 24.6. The summed E-state index contributed by atoms with van der Waals surface area (Å²) in [7, 11) is -0.959. The number of alkyl halides is 3. The predicted molar refractivity (Wildman–Crippen MR) is 140 cm³/mol. The molecule has 0 spiro atoms. The number of aromatic amines is 1. The molecule has 0 amide bonds. The molecule has 0 unspecified atom stereocenters. The van der Waals surface area contributed by atoms with Gasteiger partial charge in [-0.25, -0.2) is 4.98 Å². The van der Waals surface area contributed by atoms with E-state index in [2.05, 4.69) is 25.5 Å². The molecule has 3 N–H and O–H groups in total. The lowest BCUT2D eigenvalue weighted by Crippen LogP contribution is -2.38. The highest BCUT2D eigenvalue weighted by atomic mass is 31.2. The van der Waals surface area contributed by atoms with Gasteiger partial charge in [0.15, 0.2) is 0 Å². The third-order valence-corrected chi connectivity index (χ3v) is 11.0. The number of methoxy groups -OCH3 is 1. The Kier molecular flexibility index (Phi) is 6.15. The first-order chi connectivity index (χ1) is 17.7. The van der Waals surface area contributed by atoms with Crippen molar-refractivity contribution in [3.05, 3.63) is 36.0 Å². The first-order valence-electron chi connectivity index (χ1n) is 12.9. The number of hydrogen-bond acceptors (Lipinski definition) is 6. The molecular weight excluding hydrogens is 502 g/mol. The van der Waals surface area contributed by atoms with Crippen LogP contribution in [-0.2, 0) is 10.7 Å². The van der Waals surface area contributed by atoms with Crippen LogP contribution in [0.5, 0.6) is 5.75 Å². The van der Waals surface area contributed by atoms with Crippen LogP contribution in [0.1, 0.15) is 37.7 Å². The predicted octanol–water partition coefficient (Wildman–Crippen LogP) is 5.76. The van der Waals surface area contributed by atoms with E-state index in [-0.39, 0.29) is 17.1 Å². The third kappa shape index (κ3) is 4.81. The van der Waals surface area contributed by atoms with Crippen LogP contribution in [0.4, 0.5) is 30.4 Å². The zero-order valence-corrected chi connectivity index (χ0v) is 21.6. The fraction of sp³-hybridized carbons (Fsp3) is 0.500. The number of H-pyrrole nitrogens is 1. The van der Waals surface area contributed by atoms with Crippen molar-refractivity contribution in [1.29, 1.82) is 0 Å². The van der Waals surface area contributed by atoms with Crippen molar-refractivity contribution >= 4 is 40.7 Å². The number of aromatic nitrogens is 2. The average molecular weight is 534 g/mol. The topological polar surface area (TPSA) is 82.3 Å². The Balaban J connectivity index is 1.29. The Morgan fingerprint density at radius 1 is 1.11 bits per heavy atom. The SMILES string of the molecule is COc1cc(P2(=O)CCN(C3CC3)CC2)ccc1Nc1cc(NC2CCC2)c2c(C(F)(F)F)c[nH]c2n1. The van der Waals surface area contributed by atoms with Crippen molar-refractivity contribution in [1.82, 2.24) is 14.9 Å². The van der Waals surface area contributed by atoms with Gasteiger partial charge in [0.25, 0.3) is 0 Å². The fourth-order valence-corrected chi connectivity index (χ4v) is 7.95. The van der Waals surface area contributed by atoms with Gasteiger partial charge in [-0.3, -0.25) is 4.90 Å². The van der Waals surface area contributed by atoms with Gasteiger partial charge < -0.3 is 24.9 Å². The minimum Gasteiger partial charge on any atom is -0.495 e. The highest BCUT2D eigenvalue weighted by Crippen LogP contribution is 2.49. The normalized spacial score (nSPS) is 20.5. The van der Waals surface area contributed by atoms with E-state index in [0.29, 0.717) is 41.3 Å². The Labute approximate surface area is 213 Å². The van der Waals surface area contributed by atoms with Crippen LogP contribution >= 0.6 is 7.14 Å². The zero-order valence-electron chi connectivity index (χ0n) is 20.7. The van der Waals surface area contributed by atoms with Crippen LogP contribution in [-0.4, -0.2) is 59.5 Å². The standard InChI is InChI=1S/C26H31F3N5O2P/c1-36-22-13-18(37(35)11-9-34(10-12-37)17-5-6-17)7-8-20(22)32-23-14-21(31-16-3-2-4-16)24-19(26(27,28)29)15-30-25(24)33-23/h7-8,13-17H,2-6,9-12H2,1H3,(H3,30,31,32,33). The van der Waals surface area contributed by atoms with Gasteiger partial charge in [0.05, 0.1) is 23.7 Å². The van der Waals surface area contributed by atoms with Gasteiger partial charge in [-0.15, -0.1) is 0 Å². The van der Waals surface area contributed by atoms with Gasteiger partial charge in [-0.05, 0) is 50.3 Å². The number of pyridine rings is 1. The van der Waals surface area contributed by atoms with Crippen molar-refractivity contribution < 1.29 is 22.5 Å². The molecule has 1 aliphatic heterocycles. The van der Waals surface area contributed by atoms with Gasteiger partial charge in [0.1, 0.15) is 24.4 Å². The maximum absolute atomic E-state index is 13.8. The van der Waals surface area contributed by atoms with Gasteiger partial charge in [-0.2, -0.15) is 13.2 Å². The summed E-state index contributed by atoms with van der Waals surface area (Å²) >= 11 is 0. The second-order valence-electron chi connectivity index (χ2n) is 10.4. The summed E-state index contributed by atoms with van der Waals surface area (Å²) in [6, 6.07) is 7.97. The van der Waals surface area contributed by atoms with Crippen molar-refractivity contribution in [3.63, 3.8) is 0 Å². The lowest BCUT2D eigenvalue weighted by molar-refractivity contribution is -0.136. The molecule has 2 saturated carbocycles. The van der Waals surface area contributed by atoms with E-state index in [1.54, 1.807) is 13.2 Å². The number of nitrogens with one attached hydrogen (secondary N) is 3. The van der Waals surface area contributed by atoms with Gasteiger partial charge >= 0.3 is 6.18 Å². The molecule has 3 fully saturated rings. The van der Waals surface area contributed by atoms with Crippen LogP contribution in [0.2, 0.25) is 0 Å². The molecule has 3 heterocycles. The molecule has 11 heteroatoms. The summed E-state index contributed by atoms with van der Waals surface area (Å²) < 4.78 is 60.4. The molecule has 2 aromatic heterocycles. The van der Waals surface area contributed by atoms with Crippen LogP contribution < -0.4 is 20.7 Å². The third-order valence-electron chi connectivity index (χ3n) is 7.89. The van der Waals surface area contributed by atoms with E-state index in [0.717, 1.165) is 43.9 Å². The van der Waals surface area contributed by atoms with Gasteiger partial charge in [-0.1, -0.05) is 0 Å². The summed E-state index contributed by atoms with van der Waals surface area (Å²) in [5.74, 6) is 0.913. The summed E-state index contributed by atoms with van der Waals surface area (Å²) in [6.07, 6.45) is 3.21. The van der Waals surface area contributed by atoms with Crippen LogP contribution in [0, 0.1) is 0 Å². The van der Waals surface area contributed by atoms with E-state index in [1.165, 1.54) is 12.8 Å². The number of halogens is 3. The van der Waals surface area contributed by atoms with Crippen LogP contribution in [0.3, 0.4) is 0 Å². The zero-order chi connectivity index (χ0) is 25.8. The Morgan fingerprint density at radius 2 is 1.86 bits per heavy atom. The molecule has 0 bridgehead atoms. The molecule has 1 aromatic carbocycles. The first-order valence-corrected chi connectivity index (χ1v) is 14.9. The second kappa shape index (κ2) is 9.24. The van der Waals surface area contributed by atoms with E-state index < -0.39 is 18.9 Å². The highest BCUT2D eigenvalue weighted by Gasteiger charge is 2.38. The number of anilines is 3.